The molecule has 0 aliphatic heterocycles. The summed E-state index contributed by atoms with van der Waals surface area (Å²) in [5.41, 5.74) is 1.05. The number of hydrogen-bond acceptors (Lipinski definition) is 3. The molecule has 0 saturated heterocycles. The summed E-state index contributed by atoms with van der Waals surface area (Å²) in [6.07, 6.45) is 1.94. The van der Waals surface area contributed by atoms with Crippen LogP contribution in [-0.2, 0) is 10.0 Å². The maximum absolute atomic E-state index is 11.7. The molecule has 1 aromatic rings. The monoisotopic (exact) mass is 245 g/mol. The summed E-state index contributed by atoms with van der Waals surface area (Å²) in [6.45, 7) is 2.40. The summed E-state index contributed by atoms with van der Waals surface area (Å²) in [5.74, 6) is 0.783. The average Bonchev–Trinajstić information content (AvgIpc) is 2.18. The molecule has 15 heavy (non-hydrogen) atoms. The third-order valence-corrected chi connectivity index (χ3v) is 4.02. The van der Waals surface area contributed by atoms with E-state index in [0.717, 1.165) is 11.3 Å². The minimum Gasteiger partial charge on any atom is -0.210 e. The Labute approximate surface area is 95.3 Å². The second-order valence-corrected chi connectivity index (χ2v) is 5.96. The minimum atomic E-state index is -3.31. The number of hydrogen-bond donors (Lipinski definition) is 1. The maximum atomic E-state index is 11.7. The standard InChI is InChI=1S/C10H15NO2S2/c1-9-3-5-10(6-4-9)15(12,13)11-7-8-14-2/h3-6,11H,7-8H2,1-2H3. The van der Waals surface area contributed by atoms with Crippen molar-refractivity contribution >= 4 is 21.8 Å². The van der Waals surface area contributed by atoms with Crippen molar-refractivity contribution in [1.82, 2.24) is 4.72 Å². The lowest BCUT2D eigenvalue weighted by Gasteiger charge is -2.05. The number of aryl methyl sites for hydroxylation is 1. The molecule has 0 saturated carbocycles. The Morgan fingerprint density at radius 1 is 1.27 bits per heavy atom. The second kappa shape index (κ2) is 5.53. The Balaban J connectivity index is 2.73. The molecular formula is C10H15NO2S2. The van der Waals surface area contributed by atoms with Gasteiger partial charge in [-0.3, -0.25) is 0 Å². The Kier molecular flexibility index (Phi) is 4.63. The third-order valence-electron chi connectivity index (χ3n) is 1.93. The number of nitrogens with one attached hydrogen (secondary N) is 1. The van der Waals surface area contributed by atoms with Crippen LogP contribution < -0.4 is 4.72 Å². The fraction of sp³-hybridized carbons (Fsp3) is 0.400. The molecule has 0 heterocycles. The summed E-state index contributed by atoms with van der Waals surface area (Å²) < 4.78 is 25.9. The predicted octanol–water partition coefficient (Wildman–Crippen LogP) is 1.64. The van der Waals surface area contributed by atoms with E-state index >= 15 is 0 Å². The van der Waals surface area contributed by atoms with Crippen LogP contribution in [0.5, 0.6) is 0 Å². The quantitative estimate of drug-likeness (QED) is 0.802. The first-order valence-electron chi connectivity index (χ1n) is 4.61. The molecule has 0 aliphatic carbocycles. The highest BCUT2D eigenvalue weighted by Gasteiger charge is 2.11. The molecule has 0 aromatic heterocycles. The molecule has 5 heteroatoms. The first-order valence-corrected chi connectivity index (χ1v) is 7.49. The maximum Gasteiger partial charge on any atom is 0.240 e. The van der Waals surface area contributed by atoms with E-state index in [0.29, 0.717) is 11.4 Å². The van der Waals surface area contributed by atoms with E-state index in [2.05, 4.69) is 4.72 Å². The second-order valence-electron chi connectivity index (χ2n) is 3.20. The zero-order valence-corrected chi connectivity index (χ0v) is 10.5. The van der Waals surface area contributed by atoms with Crippen molar-refractivity contribution in [2.45, 2.75) is 11.8 Å². The number of rotatable bonds is 5. The van der Waals surface area contributed by atoms with Crippen LogP contribution in [0.15, 0.2) is 29.2 Å². The minimum absolute atomic E-state index is 0.328. The topological polar surface area (TPSA) is 46.2 Å². The molecule has 0 aliphatic rings. The van der Waals surface area contributed by atoms with Gasteiger partial charge in [0.25, 0.3) is 0 Å². The molecule has 1 rings (SSSR count). The van der Waals surface area contributed by atoms with E-state index in [4.69, 9.17) is 0 Å². The zero-order chi connectivity index (χ0) is 11.3. The largest absolute Gasteiger partial charge is 0.240 e. The number of sulfonamides is 1. The van der Waals surface area contributed by atoms with Crippen molar-refractivity contribution in [3.63, 3.8) is 0 Å². The molecule has 0 fully saturated rings. The van der Waals surface area contributed by atoms with E-state index in [1.54, 1.807) is 36.0 Å². The summed E-state index contributed by atoms with van der Waals surface area (Å²) in [7, 11) is -3.31. The van der Waals surface area contributed by atoms with Gasteiger partial charge in [0.1, 0.15) is 0 Å². The van der Waals surface area contributed by atoms with Gasteiger partial charge in [-0.1, -0.05) is 17.7 Å². The van der Waals surface area contributed by atoms with Crippen LogP contribution in [0.2, 0.25) is 0 Å². The van der Waals surface area contributed by atoms with Gasteiger partial charge in [0.05, 0.1) is 4.90 Å². The molecule has 0 radical (unpaired) electrons. The van der Waals surface area contributed by atoms with Crippen molar-refractivity contribution in [2.24, 2.45) is 0 Å². The molecule has 3 nitrogen and oxygen atoms in total. The van der Waals surface area contributed by atoms with Crippen LogP contribution in [0, 0.1) is 6.92 Å². The Hall–Kier alpha value is -0.520. The first-order chi connectivity index (χ1) is 7.06. The van der Waals surface area contributed by atoms with Gasteiger partial charge in [-0.25, -0.2) is 13.1 Å². The highest BCUT2D eigenvalue weighted by atomic mass is 32.2. The molecule has 1 aromatic carbocycles. The SMILES string of the molecule is CSCCNS(=O)(=O)c1ccc(C)cc1. The van der Waals surface area contributed by atoms with Gasteiger partial charge >= 0.3 is 0 Å². The van der Waals surface area contributed by atoms with Crippen molar-refractivity contribution in [3.8, 4) is 0 Å². The van der Waals surface area contributed by atoms with Gasteiger partial charge in [0.15, 0.2) is 0 Å². The lowest BCUT2D eigenvalue weighted by atomic mass is 10.2. The number of thioether (sulfide) groups is 1. The predicted molar refractivity (Wildman–Crippen MR) is 64.7 cm³/mol. The Morgan fingerprint density at radius 3 is 2.40 bits per heavy atom. The number of benzene rings is 1. The van der Waals surface area contributed by atoms with E-state index in [1.807, 2.05) is 13.2 Å². The smallest absolute Gasteiger partial charge is 0.210 e. The molecule has 0 atom stereocenters. The third kappa shape index (κ3) is 3.85. The van der Waals surface area contributed by atoms with Gasteiger partial charge in [0.2, 0.25) is 10.0 Å². The molecule has 0 bridgehead atoms. The van der Waals surface area contributed by atoms with E-state index in [1.165, 1.54) is 0 Å². The van der Waals surface area contributed by atoms with Crippen LogP contribution in [0.3, 0.4) is 0 Å². The van der Waals surface area contributed by atoms with Crippen molar-refractivity contribution in [3.05, 3.63) is 29.8 Å². The normalized spacial score (nSPS) is 11.6. The molecular weight excluding hydrogens is 230 g/mol. The van der Waals surface area contributed by atoms with E-state index < -0.39 is 10.0 Å². The molecule has 1 N–H and O–H groups in total. The molecule has 0 unspecified atom stereocenters. The lowest BCUT2D eigenvalue weighted by Crippen LogP contribution is -2.25. The Bertz CT molecular complexity index is 398. The van der Waals surface area contributed by atoms with Gasteiger partial charge < -0.3 is 0 Å². The fourth-order valence-electron chi connectivity index (χ4n) is 1.08. The van der Waals surface area contributed by atoms with E-state index in [9.17, 15) is 8.42 Å². The summed E-state index contributed by atoms with van der Waals surface area (Å²) in [5, 5.41) is 0. The van der Waals surface area contributed by atoms with Gasteiger partial charge in [-0.15, -0.1) is 0 Å². The van der Waals surface area contributed by atoms with Crippen molar-refractivity contribution in [1.29, 1.82) is 0 Å². The molecule has 0 spiro atoms. The summed E-state index contributed by atoms with van der Waals surface area (Å²) in [4.78, 5) is 0.328. The Morgan fingerprint density at radius 2 is 1.87 bits per heavy atom. The summed E-state index contributed by atoms with van der Waals surface area (Å²) >= 11 is 1.61. The molecule has 0 amide bonds. The van der Waals surface area contributed by atoms with E-state index in [-0.39, 0.29) is 0 Å². The van der Waals surface area contributed by atoms with Gasteiger partial charge in [-0.05, 0) is 25.3 Å². The highest BCUT2D eigenvalue weighted by Crippen LogP contribution is 2.09. The zero-order valence-electron chi connectivity index (χ0n) is 8.86. The fourth-order valence-corrected chi connectivity index (χ4v) is 2.55. The van der Waals surface area contributed by atoms with Crippen LogP contribution in [0.25, 0.3) is 0 Å². The first kappa shape index (κ1) is 12.5. The highest BCUT2D eigenvalue weighted by molar-refractivity contribution is 7.98. The van der Waals surface area contributed by atoms with Crippen molar-refractivity contribution in [2.75, 3.05) is 18.6 Å². The molecule has 84 valence electrons. The van der Waals surface area contributed by atoms with Crippen LogP contribution in [0.4, 0.5) is 0 Å². The lowest BCUT2D eigenvalue weighted by molar-refractivity contribution is 0.584. The summed E-state index contributed by atoms with van der Waals surface area (Å²) in [6, 6.07) is 6.83. The van der Waals surface area contributed by atoms with Crippen molar-refractivity contribution < 1.29 is 8.42 Å². The van der Waals surface area contributed by atoms with Crippen LogP contribution in [-0.4, -0.2) is 27.0 Å². The van der Waals surface area contributed by atoms with Gasteiger partial charge in [-0.2, -0.15) is 11.8 Å². The van der Waals surface area contributed by atoms with Crippen LogP contribution in [0.1, 0.15) is 5.56 Å². The van der Waals surface area contributed by atoms with Crippen LogP contribution >= 0.6 is 11.8 Å². The van der Waals surface area contributed by atoms with Gasteiger partial charge in [0, 0.05) is 12.3 Å². The average molecular weight is 245 g/mol.